The number of hydrogen-bond acceptors (Lipinski definition) is 5. The van der Waals surface area contributed by atoms with Crippen molar-refractivity contribution >= 4 is 68.4 Å². The van der Waals surface area contributed by atoms with E-state index in [-0.39, 0.29) is 17.4 Å². The summed E-state index contributed by atoms with van der Waals surface area (Å²) in [6.45, 7) is 0. The number of carbonyl (C=O) groups excluding carboxylic acids is 3. The zero-order valence-corrected chi connectivity index (χ0v) is 22.2. The number of benzene rings is 3. The van der Waals surface area contributed by atoms with Crippen LogP contribution in [-0.4, -0.2) is 23.4 Å². The molecule has 8 heteroatoms. The second-order valence-electron chi connectivity index (χ2n) is 7.60. The van der Waals surface area contributed by atoms with Crippen molar-refractivity contribution < 1.29 is 14.4 Å². The second kappa shape index (κ2) is 12.5. The van der Waals surface area contributed by atoms with Crippen molar-refractivity contribution in [3.63, 3.8) is 0 Å². The van der Waals surface area contributed by atoms with Crippen LogP contribution < -0.4 is 10.6 Å². The fourth-order valence-electron chi connectivity index (χ4n) is 3.22. The van der Waals surface area contributed by atoms with E-state index < -0.39 is 5.91 Å². The molecule has 0 unspecified atom stereocenters. The molecule has 4 aromatic rings. The van der Waals surface area contributed by atoms with Gasteiger partial charge in [-0.3, -0.25) is 14.4 Å². The third kappa shape index (κ3) is 7.27. The largest absolute Gasteiger partial charge is 0.321 e. The van der Waals surface area contributed by atoms with Crippen LogP contribution in [0.15, 0.2) is 111 Å². The number of Topliss-reactive ketones (excluding diaryl/α,β-unsaturated/α-hetero) is 1. The molecule has 5 nitrogen and oxygen atoms in total. The van der Waals surface area contributed by atoms with Gasteiger partial charge in [0.15, 0.2) is 5.78 Å². The summed E-state index contributed by atoms with van der Waals surface area (Å²) in [4.78, 5) is 39.9. The maximum atomic E-state index is 13.2. The van der Waals surface area contributed by atoms with Crippen molar-refractivity contribution in [3.8, 4) is 0 Å². The highest BCUT2D eigenvalue weighted by molar-refractivity contribution is 9.10. The molecular formula is C28H21BrN2O3S2. The molecule has 1 aromatic heterocycles. The molecule has 0 aliphatic carbocycles. The van der Waals surface area contributed by atoms with Crippen LogP contribution in [0.25, 0.3) is 6.08 Å². The summed E-state index contributed by atoms with van der Waals surface area (Å²) in [7, 11) is 0. The second-order valence-corrected chi connectivity index (χ2v) is 10.5. The molecule has 0 radical (unpaired) electrons. The van der Waals surface area contributed by atoms with Crippen LogP contribution in [0.2, 0.25) is 0 Å². The van der Waals surface area contributed by atoms with Gasteiger partial charge in [0.2, 0.25) is 0 Å². The van der Waals surface area contributed by atoms with Crippen molar-refractivity contribution in [3.05, 3.63) is 123 Å². The van der Waals surface area contributed by atoms with Gasteiger partial charge in [0.05, 0.1) is 10.6 Å². The van der Waals surface area contributed by atoms with Crippen molar-refractivity contribution in [1.29, 1.82) is 0 Å². The molecule has 1 heterocycles. The van der Waals surface area contributed by atoms with Crippen LogP contribution in [0, 0.1) is 0 Å². The molecule has 0 aliphatic heterocycles. The van der Waals surface area contributed by atoms with E-state index in [0.717, 1.165) is 19.8 Å². The maximum Gasteiger partial charge on any atom is 0.272 e. The van der Waals surface area contributed by atoms with E-state index in [0.29, 0.717) is 17.0 Å². The average molecular weight is 578 g/mol. The minimum Gasteiger partial charge on any atom is -0.321 e. The van der Waals surface area contributed by atoms with E-state index in [2.05, 4.69) is 26.6 Å². The molecule has 0 saturated carbocycles. The maximum absolute atomic E-state index is 13.2. The summed E-state index contributed by atoms with van der Waals surface area (Å²) in [5.74, 6) is -0.481. The first-order valence-electron chi connectivity index (χ1n) is 10.9. The Bertz CT molecular complexity index is 1400. The molecule has 4 rings (SSSR count). The van der Waals surface area contributed by atoms with E-state index in [1.54, 1.807) is 42.5 Å². The van der Waals surface area contributed by atoms with Crippen LogP contribution in [0.4, 0.5) is 5.69 Å². The standard InChI is InChI=1S/C28H21BrN2O3S2/c29-21-10-4-7-19(15-21)16-24(31-27(33)20-8-2-1-3-9-20)28(34)30-22-11-5-12-23(17-22)36-18-25(32)26-13-6-14-35-26/h1-17H,18H2,(H,30,34)(H,31,33)/b24-16-. The third-order valence-electron chi connectivity index (χ3n) is 4.95. The Hall–Kier alpha value is -3.46. The van der Waals surface area contributed by atoms with Gasteiger partial charge in [-0.15, -0.1) is 23.1 Å². The monoisotopic (exact) mass is 576 g/mol. The zero-order valence-electron chi connectivity index (χ0n) is 18.9. The molecule has 0 bridgehead atoms. The molecule has 0 saturated heterocycles. The van der Waals surface area contributed by atoms with E-state index >= 15 is 0 Å². The van der Waals surface area contributed by atoms with Crippen molar-refractivity contribution in [2.75, 3.05) is 11.1 Å². The predicted molar refractivity (Wildman–Crippen MR) is 150 cm³/mol. The molecule has 2 N–H and O–H groups in total. The first-order chi connectivity index (χ1) is 17.5. The van der Waals surface area contributed by atoms with Crippen LogP contribution in [0.5, 0.6) is 0 Å². The number of hydrogen-bond donors (Lipinski definition) is 2. The first-order valence-corrected chi connectivity index (χ1v) is 13.6. The quantitative estimate of drug-likeness (QED) is 0.129. The normalized spacial score (nSPS) is 11.1. The van der Waals surface area contributed by atoms with Crippen LogP contribution in [0.3, 0.4) is 0 Å². The number of thioether (sulfide) groups is 1. The molecule has 0 aliphatic rings. The van der Waals surface area contributed by atoms with Gasteiger partial charge in [-0.1, -0.05) is 58.4 Å². The first kappa shape index (κ1) is 25.6. The van der Waals surface area contributed by atoms with E-state index in [4.69, 9.17) is 0 Å². The number of ketones is 1. The van der Waals surface area contributed by atoms with Gasteiger partial charge in [-0.2, -0.15) is 0 Å². The fraction of sp³-hybridized carbons (Fsp3) is 0.0357. The Morgan fingerprint density at radius 3 is 2.44 bits per heavy atom. The lowest BCUT2D eigenvalue weighted by molar-refractivity contribution is -0.113. The Labute approximate surface area is 225 Å². The van der Waals surface area contributed by atoms with Gasteiger partial charge in [-0.25, -0.2) is 0 Å². The molecule has 0 fully saturated rings. The Morgan fingerprint density at radius 1 is 0.889 bits per heavy atom. The van der Waals surface area contributed by atoms with Gasteiger partial charge < -0.3 is 10.6 Å². The SMILES string of the molecule is O=C(Nc1cccc(SCC(=O)c2cccs2)c1)/C(=C/c1cccc(Br)c1)NC(=O)c1ccccc1. The fourth-order valence-corrected chi connectivity index (χ4v) is 5.24. The molecule has 0 spiro atoms. The molecule has 180 valence electrons. The van der Waals surface area contributed by atoms with Crippen molar-refractivity contribution in [2.24, 2.45) is 0 Å². The summed E-state index contributed by atoms with van der Waals surface area (Å²) in [5.41, 5.74) is 1.86. The van der Waals surface area contributed by atoms with Gasteiger partial charge in [-0.05, 0) is 65.6 Å². The van der Waals surface area contributed by atoms with Gasteiger partial charge in [0.25, 0.3) is 11.8 Å². The molecule has 2 amide bonds. The average Bonchev–Trinajstić information content (AvgIpc) is 3.43. The Kier molecular flexibility index (Phi) is 8.89. The lowest BCUT2D eigenvalue weighted by atomic mass is 10.1. The van der Waals surface area contributed by atoms with Gasteiger partial charge in [0.1, 0.15) is 5.70 Å². The summed E-state index contributed by atoms with van der Waals surface area (Å²) < 4.78 is 0.854. The van der Waals surface area contributed by atoms with Gasteiger partial charge >= 0.3 is 0 Å². The topological polar surface area (TPSA) is 75.3 Å². The minimum atomic E-state index is -0.462. The smallest absolute Gasteiger partial charge is 0.272 e. The lowest BCUT2D eigenvalue weighted by Crippen LogP contribution is -2.30. The molecule has 0 atom stereocenters. The van der Waals surface area contributed by atoms with Crippen molar-refractivity contribution in [2.45, 2.75) is 4.90 Å². The zero-order chi connectivity index (χ0) is 25.3. The van der Waals surface area contributed by atoms with Crippen molar-refractivity contribution in [1.82, 2.24) is 5.32 Å². The van der Waals surface area contributed by atoms with E-state index in [9.17, 15) is 14.4 Å². The van der Waals surface area contributed by atoms with Gasteiger partial charge in [0, 0.05) is 20.6 Å². The minimum absolute atomic E-state index is 0.0623. The highest BCUT2D eigenvalue weighted by Crippen LogP contribution is 2.24. The van der Waals surface area contributed by atoms with Crippen LogP contribution in [0.1, 0.15) is 25.6 Å². The number of carbonyl (C=O) groups is 3. The number of thiophene rings is 1. The van der Waals surface area contributed by atoms with Crippen LogP contribution in [-0.2, 0) is 4.79 Å². The molecule has 36 heavy (non-hydrogen) atoms. The summed E-state index contributed by atoms with van der Waals surface area (Å²) in [5, 5.41) is 7.48. The predicted octanol–water partition coefficient (Wildman–Crippen LogP) is 6.90. The Balaban J connectivity index is 1.50. The Morgan fingerprint density at radius 2 is 1.69 bits per heavy atom. The summed E-state index contributed by atoms with van der Waals surface area (Å²) in [6, 6.07) is 27.1. The number of rotatable bonds is 9. The number of halogens is 1. The number of anilines is 1. The number of amides is 2. The molecule has 3 aromatic carbocycles. The van der Waals surface area contributed by atoms with Crippen LogP contribution >= 0.6 is 39.0 Å². The number of nitrogens with one attached hydrogen (secondary N) is 2. The highest BCUT2D eigenvalue weighted by atomic mass is 79.9. The van der Waals surface area contributed by atoms with E-state index in [1.807, 2.05) is 60.0 Å². The van der Waals surface area contributed by atoms with E-state index in [1.165, 1.54) is 23.1 Å². The summed E-state index contributed by atoms with van der Waals surface area (Å²) >= 11 is 6.26. The summed E-state index contributed by atoms with van der Waals surface area (Å²) in [6.07, 6.45) is 1.62. The molecular weight excluding hydrogens is 556 g/mol. The lowest BCUT2D eigenvalue weighted by Gasteiger charge is -2.12. The third-order valence-corrected chi connectivity index (χ3v) is 7.34. The highest BCUT2D eigenvalue weighted by Gasteiger charge is 2.16.